The van der Waals surface area contributed by atoms with Crippen molar-refractivity contribution in [3.05, 3.63) is 46.8 Å². The van der Waals surface area contributed by atoms with E-state index in [0.717, 1.165) is 5.56 Å². The van der Waals surface area contributed by atoms with Crippen molar-refractivity contribution < 1.29 is 14.3 Å². The summed E-state index contributed by atoms with van der Waals surface area (Å²) in [6.45, 7) is 10.5. The second-order valence-electron chi connectivity index (χ2n) is 6.90. The van der Waals surface area contributed by atoms with Crippen LogP contribution in [0.1, 0.15) is 59.8 Å². The summed E-state index contributed by atoms with van der Waals surface area (Å²) in [6.07, 6.45) is 0. The average molecular weight is 343 g/mol. The highest BCUT2D eigenvalue weighted by Gasteiger charge is 2.24. The SMILES string of the molecule is CCn1nc(C)c(NC(=O)c2ccc(C(C)(C)C)cc2)c1C(=O)OC. The maximum atomic E-state index is 12.6. The van der Waals surface area contributed by atoms with Crippen LogP contribution in [0.25, 0.3) is 0 Å². The van der Waals surface area contributed by atoms with E-state index in [1.807, 2.05) is 19.1 Å². The lowest BCUT2D eigenvalue weighted by molar-refractivity contribution is 0.0588. The summed E-state index contributed by atoms with van der Waals surface area (Å²) in [6, 6.07) is 7.46. The van der Waals surface area contributed by atoms with Crippen molar-refractivity contribution in [1.29, 1.82) is 0 Å². The van der Waals surface area contributed by atoms with Gasteiger partial charge in [0.05, 0.1) is 18.5 Å². The van der Waals surface area contributed by atoms with Crippen molar-refractivity contribution in [2.45, 2.75) is 46.6 Å². The molecule has 2 rings (SSSR count). The van der Waals surface area contributed by atoms with E-state index in [2.05, 4.69) is 31.2 Å². The largest absolute Gasteiger partial charge is 0.464 e. The van der Waals surface area contributed by atoms with E-state index in [4.69, 9.17) is 4.74 Å². The van der Waals surface area contributed by atoms with Crippen LogP contribution < -0.4 is 5.32 Å². The summed E-state index contributed by atoms with van der Waals surface area (Å²) in [5.41, 5.74) is 2.90. The normalized spacial score (nSPS) is 11.3. The van der Waals surface area contributed by atoms with Gasteiger partial charge in [-0.05, 0) is 37.0 Å². The zero-order chi connectivity index (χ0) is 18.8. The Labute approximate surface area is 148 Å². The number of ether oxygens (including phenoxy) is 1. The Morgan fingerprint density at radius 3 is 2.28 bits per heavy atom. The molecule has 0 spiro atoms. The highest BCUT2D eigenvalue weighted by Crippen LogP contribution is 2.24. The lowest BCUT2D eigenvalue weighted by Crippen LogP contribution is -2.18. The predicted octanol–water partition coefficient (Wildman–Crippen LogP) is 3.55. The Bertz CT molecular complexity index is 783. The van der Waals surface area contributed by atoms with Crippen LogP contribution in [-0.4, -0.2) is 28.8 Å². The van der Waals surface area contributed by atoms with Crippen molar-refractivity contribution >= 4 is 17.6 Å². The maximum Gasteiger partial charge on any atom is 0.358 e. The molecular formula is C19H25N3O3. The molecule has 0 saturated heterocycles. The number of amides is 1. The highest BCUT2D eigenvalue weighted by molar-refractivity contribution is 6.08. The molecule has 1 N–H and O–H groups in total. The second kappa shape index (κ2) is 7.09. The van der Waals surface area contributed by atoms with Gasteiger partial charge in [-0.2, -0.15) is 5.10 Å². The van der Waals surface area contributed by atoms with E-state index >= 15 is 0 Å². The summed E-state index contributed by atoms with van der Waals surface area (Å²) in [4.78, 5) is 24.7. The topological polar surface area (TPSA) is 73.2 Å². The summed E-state index contributed by atoms with van der Waals surface area (Å²) >= 11 is 0. The molecule has 1 amide bonds. The molecule has 0 aliphatic carbocycles. The lowest BCUT2D eigenvalue weighted by atomic mass is 9.87. The Morgan fingerprint density at radius 2 is 1.80 bits per heavy atom. The number of benzene rings is 1. The van der Waals surface area contributed by atoms with Crippen LogP contribution in [0.2, 0.25) is 0 Å². The molecule has 0 radical (unpaired) electrons. The Kier molecular flexibility index (Phi) is 5.30. The van der Waals surface area contributed by atoms with Crippen LogP contribution in [0.4, 0.5) is 5.69 Å². The summed E-state index contributed by atoms with van der Waals surface area (Å²) in [5.74, 6) is -0.815. The van der Waals surface area contributed by atoms with Gasteiger partial charge in [0, 0.05) is 12.1 Å². The van der Waals surface area contributed by atoms with Crippen molar-refractivity contribution in [1.82, 2.24) is 9.78 Å². The number of anilines is 1. The monoisotopic (exact) mass is 343 g/mol. The van der Waals surface area contributed by atoms with Crippen molar-refractivity contribution in [3.63, 3.8) is 0 Å². The second-order valence-corrected chi connectivity index (χ2v) is 6.90. The fourth-order valence-electron chi connectivity index (χ4n) is 2.57. The number of aryl methyl sites for hydroxylation is 2. The number of nitrogens with one attached hydrogen (secondary N) is 1. The number of hydrogen-bond acceptors (Lipinski definition) is 4. The molecular weight excluding hydrogens is 318 g/mol. The molecule has 1 heterocycles. The molecule has 2 aromatic rings. The first-order chi connectivity index (χ1) is 11.7. The predicted molar refractivity (Wildman–Crippen MR) is 97.1 cm³/mol. The fraction of sp³-hybridized carbons (Fsp3) is 0.421. The van der Waals surface area contributed by atoms with Crippen molar-refractivity contribution in [3.8, 4) is 0 Å². The van der Waals surface area contributed by atoms with Crippen LogP contribution in [-0.2, 0) is 16.7 Å². The number of rotatable bonds is 4. The van der Waals surface area contributed by atoms with Crippen LogP contribution >= 0.6 is 0 Å². The minimum Gasteiger partial charge on any atom is -0.464 e. The first-order valence-electron chi connectivity index (χ1n) is 8.26. The van der Waals surface area contributed by atoms with Crippen LogP contribution in [0.3, 0.4) is 0 Å². The number of hydrogen-bond donors (Lipinski definition) is 1. The van der Waals surface area contributed by atoms with E-state index in [9.17, 15) is 9.59 Å². The van der Waals surface area contributed by atoms with E-state index in [0.29, 0.717) is 23.5 Å². The van der Waals surface area contributed by atoms with Gasteiger partial charge in [0.2, 0.25) is 0 Å². The van der Waals surface area contributed by atoms with Gasteiger partial charge in [0.25, 0.3) is 5.91 Å². The molecule has 1 aromatic carbocycles. The van der Waals surface area contributed by atoms with Gasteiger partial charge >= 0.3 is 5.97 Å². The summed E-state index contributed by atoms with van der Waals surface area (Å²) in [5, 5.41) is 7.09. The molecule has 25 heavy (non-hydrogen) atoms. The number of methoxy groups -OCH3 is 1. The van der Waals surface area contributed by atoms with Crippen molar-refractivity contribution in [2.75, 3.05) is 12.4 Å². The third-order valence-corrected chi connectivity index (χ3v) is 4.06. The fourth-order valence-corrected chi connectivity index (χ4v) is 2.57. The molecule has 0 unspecified atom stereocenters. The molecule has 6 nitrogen and oxygen atoms in total. The van der Waals surface area contributed by atoms with E-state index in [1.165, 1.54) is 11.8 Å². The number of aromatic nitrogens is 2. The number of carbonyl (C=O) groups excluding carboxylic acids is 2. The van der Waals surface area contributed by atoms with E-state index in [-0.39, 0.29) is 17.0 Å². The van der Waals surface area contributed by atoms with E-state index in [1.54, 1.807) is 19.1 Å². The van der Waals surface area contributed by atoms with Gasteiger partial charge < -0.3 is 10.1 Å². The first kappa shape index (κ1) is 18.7. The molecule has 0 aliphatic heterocycles. The Balaban J connectivity index is 2.32. The zero-order valence-electron chi connectivity index (χ0n) is 15.6. The number of esters is 1. The van der Waals surface area contributed by atoms with Gasteiger partial charge in [-0.25, -0.2) is 4.79 Å². The lowest BCUT2D eigenvalue weighted by Gasteiger charge is -2.19. The van der Waals surface area contributed by atoms with Crippen molar-refractivity contribution in [2.24, 2.45) is 0 Å². The van der Waals surface area contributed by atoms with E-state index < -0.39 is 5.97 Å². The van der Waals surface area contributed by atoms with Crippen LogP contribution in [0, 0.1) is 6.92 Å². The Hall–Kier alpha value is -2.63. The average Bonchev–Trinajstić information content (AvgIpc) is 2.89. The number of carbonyl (C=O) groups is 2. The van der Waals surface area contributed by atoms with Gasteiger partial charge in [-0.3, -0.25) is 9.48 Å². The standard InChI is InChI=1S/C19H25N3O3/c1-7-22-16(18(24)25-6)15(12(2)21-22)20-17(23)13-8-10-14(11-9-13)19(3,4)5/h8-11H,7H2,1-6H3,(H,20,23). The quantitative estimate of drug-likeness (QED) is 0.862. The molecule has 0 aliphatic rings. The van der Waals surface area contributed by atoms with Gasteiger partial charge in [0.15, 0.2) is 5.69 Å². The molecule has 0 atom stereocenters. The smallest absolute Gasteiger partial charge is 0.358 e. The molecule has 0 saturated carbocycles. The minimum atomic E-state index is -0.527. The third kappa shape index (κ3) is 3.90. The molecule has 134 valence electrons. The number of nitrogens with zero attached hydrogens (tertiary/aromatic N) is 2. The van der Waals surface area contributed by atoms with Gasteiger partial charge in [-0.15, -0.1) is 0 Å². The highest BCUT2D eigenvalue weighted by atomic mass is 16.5. The first-order valence-corrected chi connectivity index (χ1v) is 8.26. The maximum absolute atomic E-state index is 12.6. The molecule has 6 heteroatoms. The summed E-state index contributed by atoms with van der Waals surface area (Å²) in [7, 11) is 1.31. The van der Waals surface area contributed by atoms with Crippen LogP contribution in [0.5, 0.6) is 0 Å². The molecule has 0 bridgehead atoms. The Morgan fingerprint density at radius 1 is 1.20 bits per heavy atom. The van der Waals surface area contributed by atoms with Gasteiger partial charge in [-0.1, -0.05) is 32.9 Å². The summed E-state index contributed by atoms with van der Waals surface area (Å²) < 4.78 is 6.35. The third-order valence-electron chi connectivity index (χ3n) is 4.06. The van der Waals surface area contributed by atoms with Crippen LogP contribution in [0.15, 0.2) is 24.3 Å². The molecule has 1 aromatic heterocycles. The molecule has 0 fully saturated rings. The zero-order valence-corrected chi connectivity index (χ0v) is 15.6. The minimum absolute atomic E-state index is 0.0198. The van der Waals surface area contributed by atoms with Gasteiger partial charge in [0.1, 0.15) is 0 Å².